The fourth-order valence-corrected chi connectivity index (χ4v) is 1.43. The van der Waals surface area contributed by atoms with E-state index in [9.17, 15) is 0 Å². The summed E-state index contributed by atoms with van der Waals surface area (Å²) in [6, 6.07) is 0. The Morgan fingerprint density at radius 2 is 1.73 bits per heavy atom. The van der Waals surface area contributed by atoms with Crippen LogP contribution in [-0.2, 0) is 0 Å². The quantitative estimate of drug-likeness (QED) is 0.606. The van der Waals surface area contributed by atoms with Gasteiger partial charge in [0.15, 0.2) is 0 Å². The number of hydrogen-bond acceptors (Lipinski definition) is 1. The Labute approximate surface area is 71.8 Å². The SMILES string of the molecule is CC[C@@](C)(CN(C)C)C(C)C. The zero-order valence-corrected chi connectivity index (χ0v) is 8.94. The minimum Gasteiger partial charge on any atom is -0.309 e. The van der Waals surface area contributed by atoms with Crippen LogP contribution in [0.25, 0.3) is 0 Å². The lowest BCUT2D eigenvalue weighted by atomic mass is 9.76. The van der Waals surface area contributed by atoms with Crippen molar-refractivity contribution in [2.45, 2.75) is 34.1 Å². The zero-order chi connectivity index (χ0) is 9.07. The molecule has 0 aromatic heterocycles. The lowest BCUT2D eigenvalue weighted by Crippen LogP contribution is -2.34. The second-order valence-corrected chi connectivity index (χ2v) is 4.40. The van der Waals surface area contributed by atoms with E-state index in [-0.39, 0.29) is 0 Å². The molecule has 0 rings (SSSR count). The van der Waals surface area contributed by atoms with Crippen molar-refractivity contribution < 1.29 is 0 Å². The molecule has 0 radical (unpaired) electrons. The van der Waals surface area contributed by atoms with Gasteiger partial charge in [-0.05, 0) is 31.8 Å². The molecule has 0 aromatic carbocycles. The molecule has 0 unspecified atom stereocenters. The Hall–Kier alpha value is -0.0400. The maximum atomic E-state index is 2.37. The van der Waals surface area contributed by atoms with Crippen molar-refractivity contribution in [2.24, 2.45) is 11.3 Å². The molecule has 0 saturated heterocycles. The van der Waals surface area contributed by atoms with Gasteiger partial charge in [-0.1, -0.05) is 27.7 Å². The highest BCUT2D eigenvalue weighted by Gasteiger charge is 2.26. The molecule has 0 heterocycles. The van der Waals surface area contributed by atoms with E-state index in [1.807, 2.05) is 0 Å². The Morgan fingerprint density at radius 3 is 1.82 bits per heavy atom. The van der Waals surface area contributed by atoms with Crippen molar-refractivity contribution in [3.05, 3.63) is 0 Å². The van der Waals surface area contributed by atoms with Crippen molar-refractivity contribution >= 4 is 0 Å². The van der Waals surface area contributed by atoms with Gasteiger partial charge in [-0.15, -0.1) is 0 Å². The third-order valence-corrected chi connectivity index (χ3v) is 2.88. The van der Waals surface area contributed by atoms with Crippen LogP contribution in [0.3, 0.4) is 0 Å². The second kappa shape index (κ2) is 4.10. The van der Waals surface area contributed by atoms with Gasteiger partial charge in [-0.2, -0.15) is 0 Å². The lowest BCUT2D eigenvalue weighted by molar-refractivity contribution is 0.146. The van der Waals surface area contributed by atoms with Gasteiger partial charge >= 0.3 is 0 Å². The predicted octanol–water partition coefficient (Wildman–Crippen LogP) is 2.62. The Kier molecular flexibility index (Phi) is 4.09. The van der Waals surface area contributed by atoms with E-state index in [0.717, 1.165) is 5.92 Å². The lowest BCUT2D eigenvalue weighted by Gasteiger charge is -2.35. The molecule has 1 atom stereocenters. The second-order valence-electron chi connectivity index (χ2n) is 4.40. The first-order valence-electron chi connectivity index (χ1n) is 4.57. The number of nitrogens with zero attached hydrogens (tertiary/aromatic N) is 1. The molecule has 0 fully saturated rings. The van der Waals surface area contributed by atoms with Gasteiger partial charge in [0.05, 0.1) is 0 Å². The summed E-state index contributed by atoms with van der Waals surface area (Å²) in [7, 11) is 4.30. The summed E-state index contributed by atoms with van der Waals surface area (Å²) in [4.78, 5) is 2.28. The maximum Gasteiger partial charge on any atom is 0.00316 e. The summed E-state index contributed by atoms with van der Waals surface area (Å²) in [5, 5.41) is 0. The summed E-state index contributed by atoms with van der Waals surface area (Å²) >= 11 is 0. The molecule has 0 N–H and O–H groups in total. The fourth-order valence-electron chi connectivity index (χ4n) is 1.43. The van der Waals surface area contributed by atoms with Gasteiger partial charge in [0.2, 0.25) is 0 Å². The van der Waals surface area contributed by atoms with E-state index >= 15 is 0 Å². The molecule has 0 aromatic rings. The normalized spacial score (nSPS) is 17.5. The van der Waals surface area contributed by atoms with Gasteiger partial charge in [-0.3, -0.25) is 0 Å². The molecule has 11 heavy (non-hydrogen) atoms. The van der Waals surface area contributed by atoms with Gasteiger partial charge in [-0.25, -0.2) is 0 Å². The fraction of sp³-hybridized carbons (Fsp3) is 1.00. The van der Waals surface area contributed by atoms with Crippen LogP contribution in [0, 0.1) is 11.3 Å². The third kappa shape index (κ3) is 3.24. The van der Waals surface area contributed by atoms with Gasteiger partial charge < -0.3 is 4.90 Å². The summed E-state index contributed by atoms with van der Waals surface area (Å²) in [6.07, 6.45) is 1.27. The molecule has 0 spiro atoms. The molecule has 1 heteroatoms. The van der Waals surface area contributed by atoms with Crippen molar-refractivity contribution in [3.8, 4) is 0 Å². The van der Waals surface area contributed by atoms with Crippen LogP contribution in [0.15, 0.2) is 0 Å². The van der Waals surface area contributed by atoms with Crippen LogP contribution >= 0.6 is 0 Å². The van der Waals surface area contributed by atoms with Crippen LogP contribution in [-0.4, -0.2) is 25.5 Å². The highest BCUT2D eigenvalue weighted by atomic mass is 15.1. The maximum absolute atomic E-state index is 2.37. The van der Waals surface area contributed by atoms with E-state index in [4.69, 9.17) is 0 Å². The molecule has 1 nitrogen and oxygen atoms in total. The topological polar surface area (TPSA) is 3.24 Å². The van der Waals surface area contributed by atoms with Gasteiger partial charge in [0.1, 0.15) is 0 Å². The molecule has 0 aliphatic rings. The molecule has 0 saturated carbocycles. The molecular weight excluding hydrogens is 134 g/mol. The number of rotatable bonds is 4. The Balaban J connectivity index is 4.10. The molecule has 0 aliphatic carbocycles. The van der Waals surface area contributed by atoms with Crippen LogP contribution in [0.1, 0.15) is 34.1 Å². The van der Waals surface area contributed by atoms with Crippen LogP contribution in [0.2, 0.25) is 0 Å². The summed E-state index contributed by atoms with van der Waals surface area (Å²) in [6.45, 7) is 10.5. The number of hydrogen-bond donors (Lipinski definition) is 0. The third-order valence-electron chi connectivity index (χ3n) is 2.88. The highest BCUT2D eigenvalue weighted by molar-refractivity contribution is 4.78. The monoisotopic (exact) mass is 157 g/mol. The average Bonchev–Trinajstić information content (AvgIpc) is 1.86. The van der Waals surface area contributed by atoms with Crippen LogP contribution < -0.4 is 0 Å². The first kappa shape index (κ1) is 11.0. The van der Waals surface area contributed by atoms with Crippen LogP contribution in [0.5, 0.6) is 0 Å². The van der Waals surface area contributed by atoms with Crippen molar-refractivity contribution in [3.63, 3.8) is 0 Å². The smallest absolute Gasteiger partial charge is 0.00316 e. The first-order chi connectivity index (χ1) is 4.92. The molecular formula is C10H23N. The van der Waals surface area contributed by atoms with E-state index < -0.39 is 0 Å². The first-order valence-corrected chi connectivity index (χ1v) is 4.57. The van der Waals surface area contributed by atoms with Crippen molar-refractivity contribution in [1.82, 2.24) is 4.90 Å². The van der Waals surface area contributed by atoms with Crippen molar-refractivity contribution in [2.75, 3.05) is 20.6 Å². The molecule has 0 aliphatic heterocycles. The minimum absolute atomic E-state index is 0.490. The standard InChI is InChI=1S/C10H23N/c1-7-10(4,9(2)3)8-11(5)6/h9H,7-8H2,1-6H3/t10-/m0/s1. The van der Waals surface area contributed by atoms with E-state index in [1.165, 1.54) is 13.0 Å². The summed E-state index contributed by atoms with van der Waals surface area (Å²) in [5.41, 5.74) is 0.490. The molecule has 68 valence electrons. The zero-order valence-electron chi connectivity index (χ0n) is 8.94. The van der Waals surface area contributed by atoms with E-state index in [2.05, 4.69) is 46.7 Å². The van der Waals surface area contributed by atoms with E-state index in [0.29, 0.717) is 5.41 Å². The van der Waals surface area contributed by atoms with Gasteiger partial charge in [0, 0.05) is 6.54 Å². The summed E-state index contributed by atoms with van der Waals surface area (Å²) in [5.74, 6) is 0.773. The average molecular weight is 157 g/mol. The molecule has 0 amide bonds. The highest BCUT2D eigenvalue weighted by Crippen LogP contribution is 2.30. The molecule has 0 bridgehead atoms. The Bertz CT molecular complexity index is 107. The van der Waals surface area contributed by atoms with Crippen LogP contribution in [0.4, 0.5) is 0 Å². The van der Waals surface area contributed by atoms with Crippen molar-refractivity contribution in [1.29, 1.82) is 0 Å². The minimum atomic E-state index is 0.490. The predicted molar refractivity (Wildman–Crippen MR) is 51.8 cm³/mol. The van der Waals surface area contributed by atoms with E-state index in [1.54, 1.807) is 0 Å². The largest absolute Gasteiger partial charge is 0.309 e. The Morgan fingerprint density at radius 1 is 1.27 bits per heavy atom. The van der Waals surface area contributed by atoms with Gasteiger partial charge in [0.25, 0.3) is 0 Å². The summed E-state index contributed by atoms with van der Waals surface area (Å²) < 4.78 is 0.